The summed E-state index contributed by atoms with van der Waals surface area (Å²) in [6.45, 7) is 2.40. The number of nitrogens with zero attached hydrogens (tertiary/aromatic N) is 2. The molecule has 150 valence electrons. The Kier molecular flexibility index (Phi) is 6.95. The maximum absolute atomic E-state index is 13.2. The summed E-state index contributed by atoms with van der Waals surface area (Å²) >= 11 is 0. The smallest absolute Gasteiger partial charge is 0.223 e. The van der Waals surface area contributed by atoms with Crippen LogP contribution >= 0.6 is 0 Å². The average Bonchev–Trinajstić information content (AvgIpc) is 2.77. The van der Waals surface area contributed by atoms with Gasteiger partial charge in [0.15, 0.2) is 0 Å². The van der Waals surface area contributed by atoms with Crippen LogP contribution in [0.2, 0.25) is 0 Å². The SMILES string of the molecule is COc1ccccc1C(C)N(Cc1ccccn1)C(=O)CCc1ccc(F)cc1. The minimum absolute atomic E-state index is 0.0124. The zero-order valence-electron chi connectivity index (χ0n) is 16.7. The summed E-state index contributed by atoms with van der Waals surface area (Å²) in [7, 11) is 1.63. The standard InChI is InChI=1S/C24H25FN2O2/c1-18(22-8-3-4-9-23(22)29-2)27(17-21-7-5-6-16-26-21)24(28)15-12-19-10-13-20(25)14-11-19/h3-11,13-14,16,18H,12,15,17H2,1-2H3. The van der Waals surface area contributed by atoms with E-state index in [9.17, 15) is 9.18 Å². The summed E-state index contributed by atoms with van der Waals surface area (Å²) < 4.78 is 18.6. The number of aryl methyl sites for hydroxylation is 1. The number of para-hydroxylation sites is 1. The maximum Gasteiger partial charge on any atom is 0.223 e. The van der Waals surface area contributed by atoms with Gasteiger partial charge in [-0.15, -0.1) is 0 Å². The Balaban J connectivity index is 1.81. The molecule has 4 nitrogen and oxygen atoms in total. The van der Waals surface area contributed by atoms with Crippen molar-refractivity contribution in [3.63, 3.8) is 0 Å². The van der Waals surface area contributed by atoms with Crippen LogP contribution in [0.3, 0.4) is 0 Å². The molecule has 2 aromatic carbocycles. The van der Waals surface area contributed by atoms with Gasteiger partial charge >= 0.3 is 0 Å². The van der Waals surface area contributed by atoms with Crippen LogP contribution in [0, 0.1) is 5.82 Å². The second-order valence-electron chi connectivity index (χ2n) is 6.89. The van der Waals surface area contributed by atoms with Crippen molar-refractivity contribution in [3.8, 4) is 5.75 Å². The third-order valence-corrected chi connectivity index (χ3v) is 4.98. The number of carbonyl (C=O) groups excluding carboxylic acids is 1. The predicted octanol–water partition coefficient (Wildman–Crippen LogP) is 4.95. The molecule has 0 aliphatic heterocycles. The van der Waals surface area contributed by atoms with Gasteiger partial charge in [-0.1, -0.05) is 36.4 Å². The molecular weight excluding hydrogens is 367 g/mol. The molecule has 5 heteroatoms. The molecule has 1 atom stereocenters. The van der Waals surface area contributed by atoms with Crippen molar-refractivity contribution in [2.45, 2.75) is 32.4 Å². The zero-order chi connectivity index (χ0) is 20.6. The van der Waals surface area contributed by atoms with Crippen LogP contribution in [0.4, 0.5) is 4.39 Å². The molecule has 0 fully saturated rings. The van der Waals surface area contributed by atoms with E-state index in [2.05, 4.69) is 4.98 Å². The van der Waals surface area contributed by atoms with Gasteiger partial charge in [0, 0.05) is 18.2 Å². The molecule has 1 unspecified atom stereocenters. The van der Waals surface area contributed by atoms with Gasteiger partial charge in [0.1, 0.15) is 11.6 Å². The Morgan fingerprint density at radius 1 is 1.07 bits per heavy atom. The number of carbonyl (C=O) groups is 1. The number of halogens is 1. The highest BCUT2D eigenvalue weighted by molar-refractivity contribution is 5.77. The molecule has 0 spiro atoms. The molecule has 3 rings (SSSR count). The molecule has 1 amide bonds. The average molecular weight is 392 g/mol. The number of ether oxygens (including phenoxy) is 1. The van der Waals surface area contributed by atoms with Crippen molar-refractivity contribution in [1.29, 1.82) is 0 Å². The Hall–Kier alpha value is -3.21. The fraction of sp³-hybridized carbons (Fsp3) is 0.250. The van der Waals surface area contributed by atoms with Gasteiger partial charge in [-0.05, 0) is 49.2 Å². The van der Waals surface area contributed by atoms with E-state index < -0.39 is 0 Å². The van der Waals surface area contributed by atoms with E-state index in [0.29, 0.717) is 19.4 Å². The highest BCUT2D eigenvalue weighted by Gasteiger charge is 2.24. The topological polar surface area (TPSA) is 42.4 Å². The van der Waals surface area contributed by atoms with Crippen LogP contribution < -0.4 is 4.74 Å². The first-order chi connectivity index (χ1) is 14.1. The molecule has 0 saturated heterocycles. The van der Waals surface area contributed by atoms with Gasteiger partial charge < -0.3 is 9.64 Å². The second-order valence-corrected chi connectivity index (χ2v) is 6.89. The number of pyridine rings is 1. The minimum atomic E-state index is -0.276. The molecule has 0 aliphatic carbocycles. The summed E-state index contributed by atoms with van der Waals surface area (Å²) in [5, 5.41) is 0. The van der Waals surface area contributed by atoms with Crippen molar-refractivity contribution in [2.75, 3.05) is 7.11 Å². The summed E-state index contributed by atoms with van der Waals surface area (Å²) in [4.78, 5) is 19.4. The van der Waals surface area contributed by atoms with E-state index in [4.69, 9.17) is 4.74 Å². The maximum atomic E-state index is 13.2. The van der Waals surface area contributed by atoms with Crippen molar-refractivity contribution in [1.82, 2.24) is 9.88 Å². The number of aromatic nitrogens is 1. The molecule has 0 saturated carbocycles. The Bertz CT molecular complexity index is 929. The summed E-state index contributed by atoms with van der Waals surface area (Å²) in [6.07, 6.45) is 2.61. The minimum Gasteiger partial charge on any atom is -0.496 e. The molecular formula is C24H25FN2O2. The lowest BCUT2D eigenvalue weighted by Gasteiger charge is -2.30. The van der Waals surface area contributed by atoms with Crippen LogP contribution in [0.1, 0.15) is 36.2 Å². The summed E-state index contributed by atoms with van der Waals surface area (Å²) in [6, 6.07) is 19.5. The number of hydrogen-bond acceptors (Lipinski definition) is 3. The largest absolute Gasteiger partial charge is 0.496 e. The van der Waals surface area contributed by atoms with Crippen LogP contribution in [-0.4, -0.2) is 22.9 Å². The van der Waals surface area contributed by atoms with Gasteiger partial charge in [-0.3, -0.25) is 9.78 Å². The van der Waals surface area contributed by atoms with Gasteiger partial charge in [0.2, 0.25) is 5.91 Å². The molecule has 0 bridgehead atoms. The van der Waals surface area contributed by atoms with Gasteiger partial charge in [0.25, 0.3) is 0 Å². The molecule has 3 aromatic rings. The number of amides is 1. The van der Waals surface area contributed by atoms with Crippen molar-refractivity contribution in [3.05, 3.63) is 95.6 Å². The Labute approximate surface area is 171 Å². The van der Waals surface area contributed by atoms with E-state index in [1.54, 1.807) is 25.4 Å². The first-order valence-electron chi connectivity index (χ1n) is 9.65. The lowest BCUT2D eigenvalue weighted by atomic mass is 10.0. The summed E-state index contributed by atoms with van der Waals surface area (Å²) in [5.74, 6) is 0.484. The van der Waals surface area contributed by atoms with Crippen LogP contribution in [0.5, 0.6) is 5.75 Å². The Morgan fingerprint density at radius 3 is 2.48 bits per heavy atom. The number of rotatable bonds is 8. The van der Waals surface area contributed by atoms with Crippen LogP contribution in [0.25, 0.3) is 0 Å². The lowest BCUT2D eigenvalue weighted by molar-refractivity contribution is -0.134. The van der Waals surface area contributed by atoms with Gasteiger partial charge in [-0.25, -0.2) is 4.39 Å². The highest BCUT2D eigenvalue weighted by Crippen LogP contribution is 2.30. The highest BCUT2D eigenvalue weighted by atomic mass is 19.1. The third kappa shape index (κ3) is 5.41. The Morgan fingerprint density at radius 2 is 1.79 bits per heavy atom. The van der Waals surface area contributed by atoms with E-state index in [0.717, 1.165) is 22.6 Å². The van der Waals surface area contributed by atoms with Crippen molar-refractivity contribution in [2.24, 2.45) is 0 Å². The monoisotopic (exact) mass is 392 g/mol. The second kappa shape index (κ2) is 9.82. The van der Waals surface area contributed by atoms with Crippen LogP contribution in [-0.2, 0) is 17.8 Å². The van der Waals surface area contributed by atoms with E-state index in [1.807, 2.05) is 54.3 Å². The molecule has 29 heavy (non-hydrogen) atoms. The van der Waals surface area contributed by atoms with E-state index >= 15 is 0 Å². The van der Waals surface area contributed by atoms with Gasteiger partial charge in [-0.2, -0.15) is 0 Å². The third-order valence-electron chi connectivity index (χ3n) is 4.98. The molecule has 0 aliphatic rings. The first-order valence-corrected chi connectivity index (χ1v) is 9.65. The first kappa shape index (κ1) is 20.5. The fourth-order valence-corrected chi connectivity index (χ4v) is 3.33. The van der Waals surface area contributed by atoms with Gasteiger partial charge in [0.05, 0.1) is 25.4 Å². The van der Waals surface area contributed by atoms with Crippen molar-refractivity contribution < 1.29 is 13.9 Å². The molecule has 0 N–H and O–H groups in total. The van der Waals surface area contributed by atoms with E-state index in [1.165, 1.54) is 12.1 Å². The van der Waals surface area contributed by atoms with Crippen LogP contribution in [0.15, 0.2) is 72.9 Å². The van der Waals surface area contributed by atoms with E-state index in [-0.39, 0.29) is 17.8 Å². The summed E-state index contributed by atoms with van der Waals surface area (Å²) in [5.41, 5.74) is 2.70. The number of hydrogen-bond donors (Lipinski definition) is 0. The lowest BCUT2D eigenvalue weighted by Crippen LogP contribution is -2.33. The number of benzene rings is 2. The number of methoxy groups -OCH3 is 1. The zero-order valence-corrected chi connectivity index (χ0v) is 16.7. The predicted molar refractivity (Wildman–Crippen MR) is 111 cm³/mol. The van der Waals surface area contributed by atoms with Crippen molar-refractivity contribution >= 4 is 5.91 Å². The normalized spacial score (nSPS) is 11.7. The molecule has 1 heterocycles. The molecule has 0 radical (unpaired) electrons. The fourth-order valence-electron chi connectivity index (χ4n) is 3.33. The quantitative estimate of drug-likeness (QED) is 0.545. The molecule has 1 aromatic heterocycles.